The second-order valence-corrected chi connectivity index (χ2v) is 8.32. The van der Waals surface area contributed by atoms with Gasteiger partial charge in [0.1, 0.15) is 6.04 Å². The first-order chi connectivity index (χ1) is 12.1. The van der Waals surface area contributed by atoms with Gasteiger partial charge >= 0.3 is 5.97 Å². The number of carboxylic acid groups (broad SMARTS) is 1. The van der Waals surface area contributed by atoms with E-state index >= 15 is 0 Å². The number of ether oxygens (including phenoxy) is 1. The summed E-state index contributed by atoms with van der Waals surface area (Å²) in [7, 11) is -3.78. The third kappa shape index (κ3) is 4.60. The number of carbonyl (C=O) groups is 2. The molecule has 3 unspecified atom stereocenters. The number of rotatable bonds is 6. The summed E-state index contributed by atoms with van der Waals surface area (Å²) in [6.45, 7) is 5.72. The summed E-state index contributed by atoms with van der Waals surface area (Å²) >= 11 is 0. The fourth-order valence-corrected chi connectivity index (χ4v) is 4.49. The molecule has 1 saturated heterocycles. The molecule has 0 saturated carbocycles. The van der Waals surface area contributed by atoms with E-state index in [9.17, 15) is 18.0 Å². The molecule has 0 radical (unpaired) electrons. The van der Waals surface area contributed by atoms with Crippen LogP contribution in [0.4, 0.5) is 0 Å². The van der Waals surface area contributed by atoms with Crippen molar-refractivity contribution < 1.29 is 27.9 Å². The number of aliphatic carboxylic acids is 1. The maximum atomic E-state index is 12.9. The first kappa shape index (κ1) is 20.3. The second-order valence-electron chi connectivity index (χ2n) is 6.38. The molecule has 8 nitrogen and oxygen atoms in total. The van der Waals surface area contributed by atoms with Crippen LogP contribution in [0.5, 0.6) is 0 Å². The highest BCUT2D eigenvalue weighted by molar-refractivity contribution is 7.89. The molecular formula is C17H24N2O6S. The van der Waals surface area contributed by atoms with Gasteiger partial charge in [0.2, 0.25) is 10.0 Å². The van der Waals surface area contributed by atoms with Crippen LogP contribution in [0.3, 0.4) is 0 Å². The van der Waals surface area contributed by atoms with Crippen LogP contribution >= 0.6 is 0 Å². The van der Waals surface area contributed by atoms with E-state index in [1.54, 1.807) is 20.8 Å². The average Bonchev–Trinajstić information content (AvgIpc) is 2.58. The summed E-state index contributed by atoms with van der Waals surface area (Å²) in [4.78, 5) is 23.3. The Bertz CT molecular complexity index is 769. The van der Waals surface area contributed by atoms with Crippen molar-refractivity contribution in [2.24, 2.45) is 0 Å². The van der Waals surface area contributed by atoms with Crippen LogP contribution in [0.1, 0.15) is 37.6 Å². The number of amides is 1. The Hall–Kier alpha value is -1.97. The highest BCUT2D eigenvalue weighted by Crippen LogP contribution is 2.22. The van der Waals surface area contributed by atoms with E-state index < -0.39 is 27.9 Å². The minimum atomic E-state index is -3.78. The van der Waals surface area contributed by atoms with E-state index in [1.807, 2.05) is 0 Å². The summed E-state index contributed by atoms with van der Waals surface area (Å²) in [5.74, 6) is -1.76. The van der Waals surface area contributed by atoms with Crippen molar-refractivity contribution in [1.29, 1.82) is 0 Å². The molecule has 9 heteroatoms. The van der Waals surface area contributed by atoms with Crippen LogP contribution < -0.4 is 5.32 Å². The van der Waals surface area contributed by atoms with Crippen molar-refractivity contribution in [3.8, 4) is 0 Å². The number of carboxylic acids is 1. The highest BCUT2D eigenvalue weighted by Gasteiger charge is 2.32. The van der Waals surface area contributed by atoms with E-state index in [0.717, 1.165) is 0 Å². The molecule has 1 fully saturated rings. The largest absolute Gasteiger partial charge is 0.480 e. The van der Waals surface area contributed by atoms with Gasteiger partial charge in [0, 0.05) is 18.7 Å². The molecule has 3 atom stereocenters. The first-order valence-corrected chi connectivity index (χ1v) is 9.88. The fourth-order valence-electron chi connectivity index (χ4n) is 2.85. The van der Waals surface area contributed by atoms with Gasteiger partial charge in [-0.1, -0.05) is 13.0 Å². The first-order valence-electron chi connectivity index (χ1n) is 8.44. The quantitative estimate of drug-likeness (QED) is 0.759. The number of nitrogens with one attached hydrogen (secondary N) is 1. The normalized spacial score (nSPS) is 22.6. The van der Waals surface area contributed by atoms with Crippen LogP contribution in [0.25, 0.3) is 0 Å². The Morgan fingerprint density at radius 2 is 1.92 bits per heavy atom. The number of hydrogen-bond acceptors (Lipinski definition) is 5. The Balaban J connectivity index is 2.25. The lowest BCUT2D eigenvalue weighted by Gasteiger charge is -2.34. The molecule has 144 valence electrons. The predicted octanol–water partition coefficient (Wildman–Crippen LogP) is 1.08. The molecule has 0 bridgehead atoms. The van der Waals surface area contributed by atoms with Gasteiger partial charge in [0.05, 0.1) is 17.1 Å². The summed E-state index contributed by atoms with van der Waals surface area (Å²) in [5, 5.41) is 11.4. The summed E-state index contributed by atoms with van der Waals surface area (Å²) in [5.41, 5.74) is 0.0973. The Morgan fingerprint density at radius 1 is 1.31 bits per heavy atom. The molecule has 0 aromatic heterocycles. The molecule has 2 N–H and O–H groups in total. The van der Waals surface area contributed by atoms with Crippen molar-refractivity contribution in [1.82, 2.24) is 9.62 Å². The number of carbonyl (C=O) groups excluding carboxylic acids is 1. The SMILES string of the molecule is CCC(NC(=O)c1cccc(S(=O)(=O)N2CC(C)OC(C)C2)c1)C(=O)O. The van der Waals surface area contributed by atoms with Crippen LogP contribution in [-0.2, 0) is 19.6 Å². The standard InChI is InChI=1S/C17H24N2O6S/c1-4-15(17(21)22)18-16(20)13-6-5-7-14(8-13)26(23,24)19-9-11(2)25-12(3)10-19/h5-8,11-12,15H,4,9-10H2,1-3H3,(H,18,20)(H,21,22). The monoisotopic (exact) mass is 384 g/mol. The molecule has 1 amide bonds. The van der Waals surface area contributed by atoms with Gasteiger partial charge in [0.15, 0.2) is 0 Å². The molecule has 0 aliphatic carbocycles. The van der Waals surface area contributed by atoms with E-state index in [2.05, 4.69) is 5.32 Å². The molecule has 2 rings (SSSR count). The highest BCUT2D eigenvalue weighted by atomic mass is 32.2. The number of nitrogens with zero attached hydrogens (tertiary/aromatic N) is 1. The lowest BCUT2D eigenvalue weighted by Crippen LogP contribution is -2.48. The van der Waals surface area contributed by atoms with Crippen LogP contribution in [0.15, 0.2) is 29.2 Å². The fraction of sp³-hybridized carbons (Fsp3) is 0.529. The zero-order valence-corrected chi connectivity index (χ0v) is 15.8. The van der Waals surface area contributed by atoms with E-state index in [4.69, 9.17) is 9.84 Å². The maximum Gasteiger partial charge on any atom is 0.326 e. The molecular weight excluding hydrogens is 360 g/mol. The lowest BCUT2D eigenvalue weighted by atomic mass is 10.1. The summed E-state index contributed by atoms with van der Waals surface area (Å²) in [6.07, 6.45) is -0.218. The third-order valence-corrected chi connectivity index (χ3v) is 5.96. The van der Waals surface area contributed by atoms with Crippen LogP contribution in [0.2, 0.25) is 0 Å². The number of benzene rings is 1. The Kier molecular flexibility index (Phi) is 6.38. The van der Waals surface area contributed by atoms with Crippen molar-refractivity contribution >= 4 is 21.9 Å². The van der Waals surface area contributed by atoms with Gasteiger partial charge in [-0.3, -0.25) is 4.79 Å². The van der Waals surface area contributed by atoms with E-state index in [-0.39, 0.29) is 42.2 Å². The Morgan fingerprint density at radius 3 is 2.46 bits per heavy atom. The smallest absolute Gasteiger partial charge is 0.326 e. The molecule has 1 aliphatic heterocycles. The van der Waals surface area contributed by atoms with Gasteiger partial charge in [-0.15, -0.1) is 0 Å². The van der Waals surface area contributed by atoms with E-state index in [0.29, 0.717) is 0 Å². The lowest BCUT2D eigenvalue weighted by molar-refractivity contribution is -0.139. The molecule has 0 spiro atoms. The molecule has 1 heterocycles. The second kappa shape index (κ2) is 8.15. The van der Waals surface area contributed by atoms with Gasteiger partial charge in [0.25, 0.3) is 5.91 Å². The van der Waals surface area contributed by atoms with Crippen LogP contribution in [0, 0.1) is 0 Å². The Labute approximate surface area is 153 Å². The average molecular weight is 384 g/mol. The molecule has 26 heavy (non-hydrogen) atoms. The predicted molar refractivity (Wildman–Crippen MR) is 94.4 cm³/mol. The van der Waals surface area contributed by atoms with Crippen molar-refractivity contribution in [2.45, 2.75) is 50.3 Å². The topological polar surface area (TPSA) is 113 Å². The van der Waals surface area contributed by atoms with Crippen molar-refractivity contribution in [3.05, 3.63) is 29.8 Å². The third-order valence-electron chi connectivity index (χ3n) is 4.13. The minimum Gasteiger partial charge on any atom is -0.480 e. The van der Waals surface area contributed by atoms with Crippen LogP contribution in [-0.4, -0.2) is 61.0 Å². The summed E-state index contributed by atoms with van der Waals surface area (Å²) < 4.78 is 32.7. The molecule has 1 aromatic rings. The van der Waals surface area contributed by atoms with E-state index in [1.165, 1.54) is 28.6 Å². The molecule has 1 aliphatic rings. The van der Waals surface area contributed by atoms with Gasteiger partial charge in [-0.2, -0.15) is 4.31 Å². The number of morpholine rings is 1. The van der Waals surface area contributed by atoms with Gasteiger partial charge < -0.3 is 15.2 Å². The van der Waals surface area contributed by atoms with Crippen molar-refractivity contribution in [3.63, 3.8) is 0 Å². The zero-order valence-electron chi connectivity index (χ0n) is 15.0. The van der Waals surface area contributed by atoms with Gasteiger partial charge in [-0.25, -0.2) is 13.2 Å². The zero-order chi connectivity index (χ0) is 19.5. The minimum absolute atomic E-state index is 0.00479. The maximum absolute atomic E-state index is 12.9. The van der Waals surface area contributed by atoms with Gasteiger partial charge in [-0.05, 0) is 38.5 Å². The molecule has 1 aromatic carbocycles. The number of sulfonamides is 1. The van der Waals surface area contributed by atoms with Crippen molar-refractivity contribution in [2.75, 3.05) is 13.1 Å². The number of hydrogen-bond donors (Lipinski definition) is 2. The summed E-state index contributed by atoms with van der Waals surface area (Å²) in [6, 6.07) is 4.59.